The molecule has 0 saturated carbocycles. The summed E-state index contributed by atoms with van der Waals surface area (Å²) in [4.78, 5) is 33.3. The van der Waals surface area contributed by atoms with Crippen LogP contribution in [0.5, 0.6) is 11.5 Å². The van der Waals surface area contributed by atoms with Crippen LogP contribution in [0.15, 0.2) is 72.9 Å². The minimum absolute atomic E-state index is 0.0717. The SMILES string of the molecule is COc1cccc([C@H]2O[C@H](Cc3ncc(/C(=C\c4ccccc4)C(=O)O)s3)C(=O)N(CC(C)(C)CO)c3ccc(Cl)cc32)c1OC. The van der Waals surface area contributed by atoms with E-state index in [-0.39, 0.29) is 31.1 Å². The number of methoxy groups -OCH3 is 2. The number of carbonyl (C=O) groups excluding carboxylic acids is 1. The maximum atomic E-state index is 14.4. The molecule has 0 aliphatic carbocycles. The van der Waals surface area contributed by atoms with E-state index in [1.54, 1.807) is 42.4 Å². The second kappa shape index (κ2) is 14.0. The number of fused-ring (bicyclic) bond motifs is 1. The van der Waals surface area contributed by atoms with Gasteiger partial charge in [0.05, 0.1) is 29.7 Å². The Morgan fingerprint density at radius 1 is 1.09 bits per heavy atom. The standard InChI is InChI=1S/C35H35ClN2O7S/c1-35(2,20-39)19-38-26-14-13-22(36)16-24(26)31(23-11-8-12-27(43-3)32(23)44-4)45-28(33(38)40)17-30-37-18-29(46-30)25(34(41)42)15-21-9-6-5-7-10-21/h5-16,18,28,31,39H,17,19-20H2,1-4H3,(H,41,42)/b25-15+/t28-,31-/m1/s1. The van der Waals surface area contributed by atoms with Gasteiger partial charge in [0, 0.05) is 53.0 Å². The molecule has 2 heterocycles. The summed E-state index contributed by atoms with van der Waals surface area (Å²) in [6, 6.07) is 19.9. The number of carbonyl (C=O) groups is 2. The molecule has 0 radical (unpaired) electrons. The Bertz CT molecular complexity index is 1750. The van der Waals surface area contributed by atoms with Gasteiger partial charge in [-0.25, -0.2) is 9.78 Å². The minimum atomic E-state index is -1.09. The number of carboxylic acids is 1. The van der Waals surface area contributed by atoms with Crippen molar-refractivity contribution in [3.63, 3.8) is 0 Å². The number of rotatable bonds is 11. The van der Waals surface area contributed by atoms with Gasteiger partial charge < -0.3 is 29.3 Å². The maximum Gasteiger partial charge on any atom is 0.337 e. The van der Waals surface area contributed by atoms with E-state index in [9.17, 15) is 19.8 Å². The molecule has 9 nitrogen and oxygen atoms in total. The number of aromatic nitrogens is 1. The summed E-state index contributed by atoms with van der Waals surface area (Å²) in [6.07, 6.45) is 1.33. The normalized spacial score (nSPS) is 17.0. The summed E-state index contributed by atoms with van der Waals surface area (Å²) in [5, 5.41) is 21.1. The van der Waals surface area contributed by atoms with Crippen molar-refractivity contribution in [2.45, 2.75) is 32.5 Å². The maximum absolute atomic E-state index is 14.4. The quantitative estimate of drug-likeness (QED) is 0.174. The number of nitrogens with zero attached hydrogens (tertiary/aromatic N) is 2. The van der Waals surface area contributed by atoms with E-state index in [0.29, 0.717) is 43.2 Å². The second-order valence-corrected chi connectivity index (χ2v) is 13.2. The van der Waals surface area contributed by atoms with Crippen molar-refractivity contribution < 1.29 is 34.0 Å². The van der Waals surface area contributed by atoms with Crippen LogP contribution < -0.4 is 14.4 Å². The fourth-order valence-electron chi connectivity index (χ4n) is 5.35. The van der Waals surface area contributed by atoms with Gasteiger partial charge in [0.1, 0.15) is 12.2 Å². The van der Waals surface area contributed by atoms with Crippen molar-refractivity contribution in [2.75, 3.05) is 32.3 Å². The molecule has 2 atom stereocenters. The van der Waals surface area contributed by atoms with Crippen molar-refractivity contribution in [3.8, 4) is 11.5 Å². The van der Waals surface area contributed by atoms with Crippen LogP contribution in [0.2, 0.25) is 5.02 Å². The van der Waals surface area contributed by atoms with E-state index in [4.69, 9.17) is 25.8 Å². The molecule has 0 saturated heterocycles. The Labute approximate surface area is 276 Å². The lowest BCUT2D eigenvalue weighted by Gasteiger charge is -2.32. The Morgan fingerprint density at radius 2 is 1.85 bits per heavy atom. The van der Waals surface area contributed by atoms with Gasteiger partial charge in [-0.1, -0.05) is 67.9 Å². The molecule has 240 valence electrons. The number of halogens is 1. The number of amides is 1. The predicted octanol–water partition coefficient (Wildman–Crippen LogP) is 6.52. The van der Waals surface area contributed by atoms with E-state index in [1.807, 2.05) is 56.3 Å². The van der Waals surface area contributed by atoms with E-state index in [1.165, 1.54) is 24.6 Å². The average Bonchev–Trinajstić information content (AvgIpc) is 3.48. The molecule has 1 aromatic heterocycles. The molecular weight excluding hydrogens is 628 g/mol. The summed E-state index contributed by atoms with van der Waals surface area (Å²) < 4.78 is 18.1. The number of hydrogen-bond acceptors (Lipinski definition) is 8. The number of aliphatic hydroxyl groups excluding tert-OH is 1. The highest BCUT2D eigenvalue weighted by Crippen LogP contribution is 2.45. The lowest BCUT2D eigenvalue weighted by Crippen LogP contribution is -2.45. The average molecular weight is 663 g/mol. The monoisotopic (exact) mass is 662 g/mol. The van der Waals surface area contributed by atoms with Crippen molar-refractivity contribution >= 4 is 52.2 Å². The Hall–Kier alpha value is -4.22. The summed E-state index contributed by atoms with van der Waals surface area (Å²) in [5.41, 5.74) is 2.05. The van der Waals surface area contributed by atoms with E-state index in [2.05, 4.69) is 4.98 Å². The third-order valence-corrected chi connectivity index (χ3v) is 8.94. The number of anilines is 1. The third kappa shape index (κ3) is 7.10. The van der Waals surface area contributed by atoms with Gasteiger partial charge in [-0.05, 0) is 35.9 Å². The van der Waals surface area contributed by atoms with Gasteiger partial charge in [0.2, 0.25) is 0 Å². The highest BCUT2D eigenvalue weighted by atomic mass is 35.5. The fourth-order valence-corrected chi connectivity index (χ4v) is 6.48. The summed E-state index contributed by atoms with van der Waals surface area (Å²) >= 11 is 7.72. The van der Waals surface area contributed by atoms with E-state index in [0.717, 1.165) is 5.56 Å². The number of thiazole rings is 1. The zero-order valence-corrected chi connectivity index (χ0v) is 27.5. The van der Waals surface area contributed by atoms with Crippen LogP contribution in [0.3, 0.4) is 0 Å². The fraction of sp³-hybridized carbons (Fsp3) is 0.286. The van der Waals surface area contributed by atoms with Crippen molar-refractivity contribution in [2.24, 2.45) is 5.41 Å². The molecule has 4 aromatic rings. The topological polar surface area (TPSA) is 118 Å². The van der Waals surface area contributed by atoms with Gasteiger partial charge in [-0.15, -0.1) is 11.3 Å². The lowest BCUT2D eigenvalue weighted by molar-refractivity contribution is -0.132. The molecule has 5 rings (SSSR count). The van der Waals surface area contributed by atoms with Crippen LogP contribution in [-0.4, -0.2) is 60.5 Å². The van der Waals surface area contributed by atoms with Crippen LogP contribution >= 0.6 is 22.9 Å². The van der Waals surface area contributed by atoms with Crippen molar-refractivity contribution in [3.05, 3.63) is 105 Å². The Balaban J connectivity index is 1.60. The molecular formula is C35H35ClN2O7S. The first-order valence-electron chi connectivity index (χ1n) is 14.6. The number of ether oxygens (including phenoxy) is 3. The highest BCUT2D eigenvalue weighted by Gasteiger charge is 2.40. The van der Waals surface area contributed by atoms with E-state index < -0.39 is 23.6 Å². The number of benzene rings is 3. The van der Waals surface area contributed by atoms with Crippen LogP contribution in [0, 0.1) is 5.41 Å². The van der Waals surface area contributed by atoms with Gasteiger partial charge >= 0.3 is 5.97 Å². The van der Waals surface area contributed by atoms with Gasteiger partial charge in [-0.2, -0.15) is 0 Å². The zero-order chi connectivity index (χ0) is 33.0. The molecule has 2 N–H and O–H groups in total. The summed E-state index contributed by atoms with van der Waals surface area (Å²) in [6.45, 7) is 3.79. The number of carboxylic acid groups (broad SMARTS) is 1. The minimum Gasteiger partial charge on any atom is -0.493 e. The smallest absolute Gasteiger partial charge is 0.337 e. The van der Waals surface area contributed by atoms with Gasteiger partial charge in [0.15, 0.2) is 11.5 Å². The molecule has 1 aliphatic heterocycles. The first-order valence-corrected chi connectivity index (χ1v) is 15.8. The van der Waals surface area contributed by atoms with Gasteiger partial charge in [-0.3, -0.25) is 4.79 Å². The molecule has 1 amide bonds. The highest BCUT2D eigenvalue weighted by molar-refractivity contribution is 7.13. The van der Waals surface area contributed by atoms with Crippen molar-refractivity contribution in [1.29, 1.82) is 0 Å². The molecule has 11 heteroatoms. The Morgan fingerprint density at radius 3 is 2.52 bits per heavy atom. The molecule has 46 heavy (non-hydrogen) atoms. The Kier molecular flexibility index (Phi) is 10.1. The number of aliphatic hydroxyl groups is 1. The number of para-hydroxylation sites is 1. The van der Waals surface area contributed by atoms with Crippen LogP contribution in [0.25, 0.3) is 11.6 Å². The van der Waals surface area contributed by atoms with Crippen LogP contribution in [0.1, 0.15) is 46.5 Å². The van der Waals surface area contributed by atoms with E-state index >= 15 is 0 Å². The number of aliphatic carboxylic acids is 1. The molecule has 0 fully saturated rings. The molecule has 0 spiro atoms. The first-order chi connectivity index (χ1) is 22.0. The summed E-state index contributed by atoms with van der Waals surface area (Å²) in [7, 11) is 3.08. The van der Waals surface area contributed by atoms with Crippen LogP contribution in [-0.2, 0) is 20.7 Å². The predicted molar refractivity (Wildman–Crippen MR) is 179 cm³/mol. The lowest BCUT2D eigenvalue weighted by atomic mass is 9.92. The van der Waals surface area contributed by atoms with Crippen molar-refractivity contribution in [1.82, 2.24) is 4.98 Å². The van der Waals surface area contributed by atoms with Gasteiger partial charge in [0.25, 0.3) is 5.91 Å². The molecule has 3 aromatic carbocycles. The molecule has 0 unspecified atom stereocenters. The number of hydrogen-bond donors (Lipinski definition) is 2. The molecule has 0 bridgehead atoms. The third-order valence-electron chi connectivity index (χ3n) is 7.65. The molecule has 1 aliphatic rings. The largest absolute Gasteiger partial charge is 0.493 e. The zero-order valence-electron chi connectivity index (χ0n) is 25.9. The summed E-state index contributed by atoms with van der Waals surface area (Å²) in [5.74, 6) is -0.473. The van der Waals surface area contributed by atoms with Crippen LogP contribution in [0.4, 0.5) is 5.69 Å². The first kappa shape index (κ1) is 33.2. The second-order valence-electron chi connectivity index (χ2n) is 11.6.